The molecule has 1 N–H and O–H groups in total. The molecule has 0 amide bonds. The third kappa shape index (κ3) is 4.74. The van der Waals surface area contributed by atoms with Gasteiger partial charge in [0.15, 0.2) is 0 Å². The summed E-state index contributed by atoms with van der Waals surface area (Å²) in [6, 6.07) is 20.8. The zero-order chi connectivity index (χ0) is 13.4. The smallest absolute Gasteiger partial charge is 0.371 e. The van der Waals surface area contributed by atoms with Gasteiger partial charge in [-0.3, -0.25) is 0 Å². The van der Waals surface area contributed by atoms with E-state index in [1.165, 1.54) is 11.1 Å². The Hall–Kier alpha value is -2.23. The van der Waals surface area contributed by atoms with Crippen molar-refractivity contribution in [1.29, 1.82) is 0 Å². The maximum atomic E-state index is 10.6. The molecule has 0 radical (unpaired) electrons. The summed E-state index contributed by atoms with van der Waals surface area (Å²) in [5.74, 6) is -2.07. The molecule has 18 heavy (non-hydrogen) atoms. The van der Waals surface area contributed by atoms with Gasteiger partial charge in [0.25, 0.3) is 0 Å². The van der Waals surface area contributed by atoms with Crippen molar-refractivity contribution in [3.63, 3.8) is 0 Å². The average molecular weight is 250 g/mol. The lowest BCUT2D eigenvalue weighted by atomic mass is 10.1. The highest BCUT2D eigenvalue weighted by atomic mass is 19.3. The van der Waals surface area contributed by atoms with Crippen molar-refractivity contribution in [2.24, 2.45) is 0 Å². The normalized spacial score (nSPS) is 9.50. The van der Waals surface area contributed by atoms with Gasteiger partial charge in [-0.2, -0.15) is 8.78 Å². The molecule has 0 bridgehead atoms. The SMILES string of the molecule is O=C(O)C(F)F.c1ccc(-c2ccccc2)cc1. The third-order valence-electron chi connectivity index (χ3n) is 2.07. The molecule has 0 aliphatic carbocycles. The summed E-state index contributed by atoms with van der Waals surface area (Å²) in [4.78, 5) is 8.95. The Morgan fingerprint density at radius 1 is 0.833 bits per heavy atom. The van der Waals surface area contributed by atoms with E-state index < -0.39 is 12.4 Å². The fourth-order valence-corrected chi connectivity index (χ4v) is 1.26. The molecule has 0 fully saturated rings. The second-order valence-corrected chi connectivity index (χ2v) is 3.37. The van der Waals surface area contributed by atoms with Crippen molar-refractivity contribution >= 4 is 5.97 Å². The summed E-state index contributed by atoms with van der Waals surface area (Å²) in [6.45, 7) is 0. The van der Waals surface area contributed by atoms with Crippen molar-refractivity contribution < 1.29 is 18.7 Å². The van der Waals surface area contributed by atoms with E-state index in [4.69, 9.17) is 9.90 Å². The van der Waals surface area contributed by atoms with Crippen LogP contribution < -0.4 is 0 Å². The number of benzene rings is 2. The van der Waals surface area contributed by atoms with E-state index in [1.807, 2.05) is 12.1 Å². The molecule has 0 aromatic heterocycles. The van der Waals surface area contributed by atoms with E-state index >= 15 is 0 Å². The number of alkyl halides is 2. The molecular weight excluding hydrogens is 238 g/mol. The minimum absolute atomic E-state index is 1.28. The molecular formula is C14H12F2O2. The Labute approximate surface area is 104 Å². The Bertz CT molecular complexity index is 432. The summed E-state index contributed by atoms with van der Waals surface area (Å²) in [5.41, 5.74) is 2.55. The van der Waals surface area contributed by atoms with E-state index in [0.29, 0.717) is 0 Å². The number of aliphatic carboxylic acids is 1. The topological polar surface area (TPSA) is 37.3 Å². The summed E-state index contributed by atoms with van der Waals surface area (Å²) >= 11 is 0. The number of carbonyl (C=O) groups is 1. The quantitative estimate of drug-likeness (QED) is 0.882. The summed E-state index contributed by atoms with van der Waals surface area (Å²) in [7, 11) is 0. The van der Waals surface area contributed by atoms with E-state index in [9.17, 15) is 8.78 Å². The highest BCUT2D eigenvalue weighted by Gasteiger charge is 2.10. The van der Waals surface area contributed by atoms with Crippen LogP contribution in [0.5, 0.6) is 0 Å². The number of rotatable bonds is 2. The molecule has 2 rings (SSSR count). The minimum atomic E-state index is -3.23. The van der Waals surface area contributed by atoms with Crippen LogP contribution in [-0.2, 0) is 4.79 Å². The van der Waals surface area contributed by atoms with E-state index in [2.05, 4.69) is 48.5 Å². The van der Waals surface area contributed by atoms with Crippen LogP contribution >= 0.6 is 0 Å². The first kappa shape index (κ1) is 13.8. The second-order valence-electron chi connectivity index (χ2n) is 3.37. The van der Waals surface area contributed by atoms with Gasteiger partial charge in [0.2, 0.25) is 0 Å². The molecule has 0 spiro atoms. The maximum absolute atomic E-state index is 10.6. The van der Waals surface area contributed by atoms with Crippen LogP contribution in [0.4, 0.5) is 8.78 Å². The fraction of sp³-hybridized carbons (Fsp3) is 0.0714. The number of hydrogen-bond acceptors (Lipinski definition) is 1. The molecule has 94 valence electrons. The van der Waals surface area contributed by atoms with E-state index in [1.54, 1.807) is 0 Å². The van der Waals surface area contributed by atoms with Crippen molar-refractivity contribution in [2.75, 3.05) is 0 Å². The molecule has 0 saturated carbocycles. The number of carboxylic acid groups (broad SMARTS) is 1. The lowest BCUT2D eigenvalue weighted by Crippen LogP contribution is -2.06. The van der Waals surface area contributed by atoms with Crippen molar-refractivity contribution in [3.05, 3.63) is 60.7 Å². The van der Waals surface area contributed by atoms with Gasteiger partial charge >= 0.3 is 12.4 Å². The van der Waals surface area contributed by atoms with E-state index in [-0.39, 0.29) is 0 Å². The van der Waals surface area contributed by atoms with Gasteiger partial charge in [-0.1, -0.05) is 60.7 Å². The van der Waals surface area contributed by atoms with Crippen LogP contribution in [0.1, 0.15) is 0 Å². The zero-order valence-corrected chi connectivity index (χ0v) is 9.46. The van der Waals surface area contributed by atoms with Crippen LogP contribution in [0.25, 0.3) is 11.1 Å². The van der Waals surface area contributed by atoms with Gasteiger partial charge in [0.05, 0.1) is 0 Å². The van der Waals surface area contributed by atoms with Crippen molar-refractivity contribution in [2.45, 2.75) is 6.43 Å². The molecule has 4 heteroatoms. The lowest BCUT2D eigenvalue weighted by molar-refractivity contribution is -0.149. The zero-order valence-electron chi connectivity index (χ0n) is 9.46. The summed E-state index contributed by atoms with van der Waals surface area (Å²) < 4.78 is 21.1. The lowest BCUT2D eigenvalue weighted by Gasteiger charge is -1.98. The molecule has 0 atom stereocenters. The predicted octanol–water partition coefficient (Wildman–Crippen LogP) is 3.69. The van der Waals surface area contributed by atoms with E-state index in [0.717, 1.165) is 0 Å². The highest BCUT2D eigenvalue weighted by molar-refractivity contribution is 5.70. The van der Waals surface area contributed by atoms with Gasteiger partial charge in [-0.25, -0.2) is 4.79 Å². The standard InChI is InChI=1S/C12H10.C2H2F2O2/c1-3-7-11(8-4-1)12-9-5-2-6-10-12;3-1(4)2(5)6/h1-10H;1H,(H,5,6). The Kier molecular flexibility index (Phi) is 5.51. The molecule has 2 nitrogen and oxygen atoms in total. The molecule has 0 aliphatic rings. The van der Waals surface area contributed by atoms with Crippen LogP contribution in [0, 0.1) is 0 Å². The van der Waals surface area contributed by atoms with Gasteiger partial charge in [-0.05, 0) is 11.1 Å². The first-order valence-corrected chi connectivity index (χ1v) is 5.22. The van der Waals surface area contributed by atoms with Crippen LogP contribution in [0.15, 0.2) is 60.7 Å². The first-order chi connectivity index (χ1) is 8.61. The minimum Gasteiger partial charge on any atom is -0.477 e. The monoisotopic (exact) mass is 250 g/mol. The van der Waals surface area contributed by atoms with Crippen LogP contribution in [0.3, 0.4) is 0 Å². The molecule has 0 heterocycles. The van der Waals surface area contributed by atoms with Crippen LogP contribution in [0.2, 0.25) is 0 Å². The van der Waals surface area contributed by atoms with Gasteiger partial charge in [-0.15, -0.1) is 0 Å². The summed E-state index contributed by atoms with van der Waals surface area (Å²) in [6.07, 6.45) is -3.23. The third-order valence-corrected chi connectivity index (χ3v) is 2.07. The second kappa shape index (κ2) is 7.17. The number of halogens is 2. The predicted molar refractivity (Wildman–Crippen MR) is 65.5 cm³/mol. The molecule has 0 unspecified atom stereocenters. The van der Waals surface area contributed by atoms with Crippen LogP contribution in [-0.4, -0.2) is 17.5 Å². The fourth-order valence-electron chi connectivity index (χ4n) is 1.26. The van der Waals surface area contributed by atoms with Crippen molar-refractivity contribution in [1.82, 2.24) is 0 Å². The number of carboxylic acids is 1. The Balaban J connectivity index is 0.000000232. The summed E-state index contributed by atoms with van der Waals surface area (Å²) in [5, 5.41) is 7.24. The largest absolute Gasteiger partial charge is 0.477 e. The van der Waals surface area contributed by atoms with Crippen molar-refractivity contribution in [3.8, 4) is 11.1 Å². The molecule has 2 aromatic rings. The molecule has 2 aromatic carbocycles. The average Bonchev–Trinajstić information content (AvgIpc) is 2.41. The highest BCUT2D eigenvalue weighted by Crippen LogP contribution is 2.17. The first-order valence-electron chi connectivity index (χ1n) is 5.22. The maximum Gasteiger partial charge on any atom is 0.371 e. The Morgan fingerprint density at radius 2 is 1.11 bits per heavy atom. The molecule has 0 saturated heterocycles. The Morgan fingerprint density at radius 3 is 1.33 bits per heavy atom. The molecule has 0 aliphatic heterocycles. The van der Waals surface area contributed by atoms with Gasteiger partial charge in [0.1, 0.15) is 0 Å². The van der Waals surface area contributed by atoms with Gasteiger partial charge in [0, 0.05) is 0 Å². The van der Waals surface area contributed by atoms with Gasteiger partial charge < -0.3 is 5.11 Å². The number of hydrogen-bond donors (Lipinski definition) is 1.